The molecule has 2 N–H and O–H groups in total. The molecular formula is C8H16N2O3S. The molecule has 1 fully saturated rings. The fraction of sp³-hybridized carbons (Fsp3) is 0.875. The van der Waals surface area contributed by atoms with E-state index in [0.29, 0.717) is 19.0 Å². The first kappa shape index (κ1) is 11.6. The predicted octanol–water partition coefficient (Wildman–Crippen LogP) is -0.396. The SMILES string of the molecule is CCS(C)(=O)=NC(=O)C1COCC1N. The maximum atomic E-state index is 11.6. The summed E-state index contributed by atoms with van der Waals surface area (Å²) in [6, 6.07) is -0.307. The number of nitrogens with zero attached hydrogens (tertiary/aromatic N) is 1. The van der Waals surface area contributed by atoms with Gasteiger partial charge < -0.3 is 10.5 Å². The monoisotopic (exact) mass is 220 g/mol. The van der Waals surface area contributed by atoms with Crippen molar-refractivity contribution < 1.29 is 13.7 Å². The van der Waals surface area contributed by atoms with Crippen molar-refractivity contribution in [2.75, 3.05) is 25.2 Å². The van der Waals surface area contributed by atoms with Crippen molar-refractivity contribution in [2.45, 2.75) is 13.0 Å². The van der Waals surface area contributed by atoms with Crippen LogP contribution in [0, 0.1) is 5.92 Å². The van der Waals surface area contributed by atoms with Crippen molar-refractivity contribution in [2.24, 2.45) is 16.0 Å². The van der Waals surface area contributed by atoms with Crippen molar-refractivity contribution in [3.63, 3.8) is 0 Å². The molecule has 0 radical (unpaired) electrons. The largest absolute Gasteiger partial charge is 0.379 e. The highest BCUT2D eigenvalue weighted by molar-refractivity contribution is 7.93. The molecule has 6 heteroatoms. The minimum absolute atomic E-state index is 0.294. The molecule has 0 aromatic carbocycles. The number of ether oxygens (including phenoxy) is 1. The van der Waals surface area contributed by atoms with E-state index < -0.39 is 15.6 Å². The maximum Gasteiger partial charge on any atom is 0.260 e. The van der Waals surface area contributed by atoms with Gasteiger partial charge in [-0.2, -0.15) is 4.36 Å². The Kier molecular flexibility index (Phi) is 3.63. The van der Waals surface area contributed by atoms with Gasteiger partial charge in [-0.1, -0.05) is 6.92 Å². The van der Waals surface area contributed by atoms with E-state index in [4.69, 9.17) is 10.5 Å². The molecule has 14 heavy (non-hydrogen) atoms. The van der Waals surface area contributed by atoms with Crippen LogP contribution in [0.1, 0.15) is 6.92 Å². The van der Waals surface area contributed by atoms with Gasteiger partial charge in [-0.3, -0.25) is 4.79 Å². The molecule has 0 aromatic rings. The van der Waals surface area contributed by atoms with Crippen molar-refractivity contribution in [3.05, 3.63) is 0 Å². The smallest absolute Gasteiger partial charge is 0.260 e. The topological polar surface area (TPSA) is 81.8 Å². The Labute approximate surface area is 84.2 Å². The number of amides is 1. The number of carbonyl (C=O) groups excluding carboxylic acids is 1. The first-order chi connectivity index (χ1) is 6.46. The minimum atomic E-state index is -2.37. The summed E-state index contributed by atoms with van der Waals surface area (Å²) in [6.07, 6.45) is 1.48. The molecule has 1 heterocycles. The first-order valence-electron chi connectivity index (χ1n) is 4.53. The molecule has 3 atom stereocenters. The summed E-state index contributed by atoms with van der Waals surface area (Å²) in [6.45, 7) is 2.41. The van der Waals surface area contributed by atoms with Gasteiger partial charge in [-0.25, -0.2) is 4.21 Å². The minimum Gasteiger partial charge on any atom is -0.379 e. The number of nitrogens with two attached hydrogens (primary N) is 1. The molecule has 0 bridgehead atoms. The molecule has 0 aliphatic carbocycles. The maximum absolute atomic E-state index is 11.6. The molecule has 5 nitrogen and oxygen atoms in total. The third kappa shape index (κ3) is 2.76. The third-order valence-electron chi connectivity index (χ3n) is 2.26. The van der Waals surface area contributed by atoms with Gasteiger partial charge in [0.05, 0.1) is 28.9 Å². The van der Waals surface area contributed by atoms with Gasteiger partial charge in [0.25, 0.3) is 5.91 Å². The van der Waals surface area contributed by atoms with Gasteiger partial charge >= 0.3 is 0 Å². The second-order valence-corrected chi connectivity index (χ2v) is 6.16. The Hall–Kier alpha value is -0.460. The molecule has 1 saturated heterocycles. The van der Waals surface area contributed by atoms with Gasteiger partial charge in [0.15, 0.2) is 0 Å². The Bertz CT molecular complexity index is 333. The average molecular weight is 220 g/mol. The molecule has 0 aromatic heterocycles. The molecule has 82 valence electrons. The van der Waals surface area contributed by atoms with Crippen LogP contribution in [0.15, 0.2) is 4.36 Å². The second kappa shape index (κ2) is 4.37. The average Bonchev–Trinajstić information content (AvgIpc) is 2.51. The molecule has 1 amide bonds. The summed E-state index contributed by atoms with van der Waals surface area (Å²) >= 11 is 0. The second-order valence-electron chi connectivity index (χ2n) is 3.49. The Morgan fingerprint density at radius 1 is 1.64 bits per heavy atom. The summed E-state index contributed by atoms with van der Waals surface area (Å²) in [5.41, 5.74) is 5.64. The Morgan fingerprint density at radius 2 is 2.29 bits per heavy atom. The van der Waals surface area contributed by atoms with E-state index in [1.54, 1.807) is 6.92 Å². The predicted molar refractivity (Wildman–Crippen MR) is 54.3 cm³/mol. The van der Waals surface area contributed by atoms with Gasteiger partial charge in [0.2, 0.25) is 0 Å². The van der Waals surface area contributed by atoms with E-state index in [9.17, 15) is 9.00 Å². The van der Waals surface area contributed by atoms with Crippen LogP contribution in [-0.4, -0.2) is 41.4 Å². The number of carbonyl (C=O) groups is 1. The van der Waals surface area contributed by atoms with Crippen LogP contribution in [0.5, 0.6) is 0 Å². The number of rotatable bonds is 2. The molecule has 1 aliphatic rings. The summed E-state index contributed by atoms with van der Waals surface area (Å²) in [4.78, 5) is 11.5. The molecule has 1 aliphatic heterocycles. The van der Waals surface area contributed by atoms with Crippen LogP contribution < -0.4 is 5.73 Å². The van der Waals surface area contributed by atoms with E-state index in [-0.39, 0.29) is 11.9 Å². The lowest BCUT2D eigenvalue weighted by atomic mass is 10.1. The van der Waals surface area contributed by atoms with E-state index >= 15 is 0 Å². The van der Waals surface area contributed by atoms with Crippen molar-refractivity contribution in [1.82, 2.24) is 0 Å². The quantitative estimate of drug-likeness (QED) is 0.686. The fourth-order valence-electron chi connectivity index (χ4n) is 1.15. The van der Waals surface area contributed by atoms with Crippen LogP contribution in [0.3, 0.4) is 0 Å². The third-order valence-corrected chi connectivity index (χ3v) is 3.90. The molecule has 1 rings (SSSR count). The molecule has 3 unspecified atom stereocenters. The van der Waals surface area contributed by atoms with Crippen LogP contribution in [0.2, 0.25) is 0 Å². The van der Waals surface area contributed by atoms with E-state index in [2.05, 4.69) is 4.36 Å². The highest BCUT2D eigenvalue weighted by Crippen LogP contribution is 2.14. The first-order valence-corrected chi connectivity index (χ1v) is 6.62. The summed E-state index contributed by atoms with van der Waals surface area (Å²) in [5, 5.41) is 0. The molecular weight excluding hydrogens is 204 g/mol. The zero-order chi connectivity index (χ0) is 10.8. The van der Waals surface area contributed by atoms with Crippen LogP contribution in [-0.2, 0) is 19.3 Å². The normalized spacial score (nSPS) is 31.1. The van der Waals surface area contributed by atoms with Crippen LogP contribution in [0.4, 0.5) is 0 Å². The molecule has 0 saturated carbocycles. The van der Waals surface area contributed by atoms with Crippen molar-refractivity contribution >= 4 is 15.6 Å². The van der Waals surface area contributed by atoms with Crippen LogP contribution in [0.25, 0.3) is 0 Å². The Balaban J connectivity index is 2.76. The van der Waals surface area contributed by atoms with E-state index in [1.807, 2.05) is 0 Å². The summed E-state index contributed by atoms with van der Waals surface area (Å²) in [5.74, 6) is -0.423. The van der Waals surface area contributed by atoms with Crippen molar-refractivity contribution in [3.8, 4) is 0 Å². The standard InChI is InChI=1S/C8H16N2O3S/c1-3-14(2,12)10-8(11)6-4-13-5-7(6)9/h6-7H,3-5,9H2,1-2H3. The van der Waals surface area contributed by atoms with E-state index in [1.165, 1.54) is 6.26 Å². The van der Waals surface area contributed by atoms with E-state index in [0.717, 1.165) is 0 Å². The van der Waals surface area contributed by atoms with Gasteiger partial charge in [0.1, 0.15) is 0 Å². The Morgan fingerprint density at radius 3 is 2.71 bits per heavy atom. The summed E-state index contributed by atoms with van der Waals surface area (Å²) in [7, 11) is -2.37. The van der Waals surface area contributed by atoms with Gasteiger partial charge in [0, 0.05) is 18.1 Å². The fourth-order valence-corrected chi connectivity index (χ4v) is 1.79. The lowest BCUT2D eigenvalue weighted by Crippen LogP contribution is -2.33. The number of hydrogen-bond donors (Lipinski definition) is 1. The highest BCUT2D eigenvalue weighted by atomic mass is 32.2. The highest BCUT2D eigenvalue weighted by Gasteiger charge is 2.31. The number of hydrogen-bond acceptors (Lipinski definition) is 4. The summed E-state index contributed by atoms with van der Waals surface area (Å²) < 4.78 is 20.3. The lowest BCUT2D eigenvalue weighted by molar-refractivity contribution is -0.121. The zero-order valence-electron chi connectivity index (χ0n) is 8.43. The lowest BCUT2D eigenvalue weighted by Gasteiger charge is -2.08. The van der Waals surface area contributed by atoms with Crippen molar-refractivity contribution in [1.29, 1.82) is 0 Å². The van der Waals surface area contributed by atoms with Gasteiger partial charge in [-0.05, 0) is 0 Å². The molecule has 0 spiro atoms. The van der Waals surface area contributed by atoms with Gasteiger partial charge in [-0.15, -0.1) is 0 Å². The van der Waals surface area contributed by atoms with Crippen LogP contribution >= 0.6 is 0 Å². The zero-order valence-corrected chi connectivity index (χ0v) is 9.25.